The van der Waals surface area contributed by atoms with Gasteiger partial charge in [-0.15, -0.1) is 0 Å². The van der Waals surface area contributed by atoms with E-state index < -0.39 is 0 Å². The quantitative estimate of drug-likeness (QED) is 0.540. The van der Waals surface area contributed by atoms with Gasteiger partial charge in [-0.05, 0) is 30.2 Å². The van der Waals surface area contributed by atoms with Gasteiger partial charge in [-0.2, -0.15) is 5.10 Å². The van der Waals surface area contributed by atoms with Crippen LogP contribution in [0.2, 0.25) is 0 Å². The standard InChI is InChI=1S/C19H19N3O2/c1-24-16-9-6-14(7-10-16)8-11-19(23)22-21-13-15-12-20-18-5-3-2-4-17(15)18/h2-7,9-10,12-13,20H,8,11H2,1H3,(H,22,23)/b21-13+. The largest absolute Gasteiger partial charge is 0.497 e. The number of aryl methyl sites for hydroxylation is 1. The number of para-hydroxylation sites is 1. The van der Waals surface area contributed by atoms with E-state index in [-0.39, 0.29) is 5.91 Å². The van der Waals surface area contributed by atoms with Gasteiger partial charge in [0.1, 0.15) is 5.75 Å². The van der Waals surface area contributed by atoms with Crippen LogP contribution in [0.3, 0.4) is 0 Å². The average Bonchev–Trinajstić information content (AvgIpc) is 3.04. The highest BCUT2D eigenvalue weighted by Crippen LogP contribution is 2.15. The molecule has 5 heteroatoms. The third-order valence-corrected chi connectivity index (χ3v) is 3.81. The SMILES string of the molecule is COc1ccc(CCC(=O)N/N=C/c2c[nH]c3ccccc23)cc1. The van der Waals surface area contributed by atoms with Gasteiger partial charge in [-0.1, -0.05) is 30.3 Å². The maximum atomic E-state index is 11.9. The number of nitrogens with one attached hydrogen (secondary N) is 2. The molecule has 0 fully saturated rings. The molecule has 0 unspecified atom stereocenters. The number of aromatic nitrogens is 1. The lowest BCUT2D eigenvalue weighted by atomic mass is 10.1. The van der Waals surface area contributed by atoms with Crippen molar-refractivity contribution in [3.05, 3.63) is 65.9 Å². The molecule has 0 aliphatic rings. The number of carbonyl (C=O) groups is 1. The average molecular weight is 321 g/mol. The molecule has 1 amide bonds. The van der Waals surface area contributed by atoms with Gasteiger partial charge >= 0.3 is 0 Å². The van der Waals surface area contributed by atoms with Gasteiger partial charge in [-0.25, -0.2) is 5.43 Å². The van der Waals surface area contributed by atoms with E-state index in [1.54, 1.807) is 13.3 Å². The summed E-state index contributed by atoms with van der Waals surface area (Å²) in [7, 11) is 1.63. The van der Waals surface area contributed by atoms with Crippen LogP contribution in [0.4, 0.5) is 0 Å². The zero-order valence-corrected chi connectivity index (χ0v) is 13.5. The van der Waals surface area contributed by atoms with Crippen molar-refractivity contribution in [1.29, 1.82) is 0 Å². The Morgan fingerprint density at radius 1 is 1.21 bits per heavy atom. The summed E-state index contributed by atoms with van der Waals surface area (Å²) in [5.74, 6) is 0.702. The van der Waals surface area contributed by atoms with Crippen molar-refractivity contribution in [2.75, 3.05) is 7.11 Å². The minimum Gasteiger partial charge on any atom is -0.497 e. The molecule has 5 nitrogen and oxygen atoms in total. The van der Waals surface area contributed by atoms with Crippen LogP contribution in [0.15, 0.2) is 59.8 Å². The van der Waals surface area contributed by atoms with E-state index in [1.165, 1.54) is 0 Å². The van der Waals surface area contributed by atoms with Crippen LogP contribution in [-0.4, -0.2) is 24.2 Å². The lowest BCUT2D eigenvalue weighted by Gasteiger charge is -2.03. The Hall–Kier alpha value is -3.08. The summed E-state index contributed by atoms with van der Waals surface area (Å²) >= 11 is 0. The summed E-state index contributed by atoms with van der Waals surface area (Å²) in [4.78, 5) is 15.0. The molecule has 24 heavy (non-hydrogen) atoms. The first-order valence-corrected chi connectivity index (χ1v) is 7.77. The van der Waals surface area contributed by atoms with Gasteiger partial charge in [0.15, 0.2) is 0 Å². The number of nitrogens with zero attached hydrogens (tertiary/aromatic N) is 1. The Balaban J connectivity index is 1.51. The van der Waals surface area contributed by atoms with Crippen molar-refractivity contribution in [2.45, 2.75) is 12.8 Å². The van der Waals surface area contributed by atoms with Gasteiger partial charge in [0.05, 0.1) is 13.3 Å². The third-order valence-electron chi connectivity index (χ3n) is 3.81. The minimum atomic E-state index is -0.109. The van der Waals surface area contributed by atoms with Crippen molar-refractivity contribution < 1.29 is 9.53 Å². The maximum Gasteiger partial charge on any atom is 0.240 e. The molecule has 0 saturated carbocycles. The van der Waals surface area contributed by atoms with Gasteiger partial charge in [-0.3, -0.25) is 4.79 Å². The fraction of sp³-hybridized carbons (Fsp3) is 0.158. The highest BCUT2D eigenvalue weighted by atomic mass is 16.5. The number of benzene rings is 2. The molecule has 1 aromatic heterocycles. The lowest BCUT2D eigenvalue weighted by molar-refractivity contribution is -0.121. The first-order valence-electron chi connectivity index (χ1n) is 7.77. The Morgan fingerprint density at radius 2 is 2.00 bits per heavy atom. The van der Waals surface area contributed by atoms with Crippen LogP contribution < -0.4 is 10.2 Å². The van der Waals surface area contributed by atoms with Crippen molar-refractivity contribution in [1.82, 2.24) is 10.4 Å². The molecule has 2 N–H and O–H groups in total. The fourth-order valence-corrected chi connectivity index (χ4v) is 2.48. The van der Waals surface area contributed by atoms with Gasteiger partial charge < -0.3 is 9.72 Å². The molecule has 0 aliphatic carbocycles. The number of hydrogen-bond donors (Lipinski definition) is 2. The van der Waals surface area contributed by atoms with E-state index in [0.717, 1.165) is 27.8 Å². The number of amides is 1. The number of hydrazone groups is 1. The molecule has 0 atom stereocenters. The second-order valence-electron chi connectivity index (χ2n) is 5.43. The second-order valence-corrected chi connectivity index (χ2v) is 5.43. The van der Waals surface area contributed by atoms with Crippen molar-refractivity contribution >= 4 is 23.0 Å². The summed E-state index contributed by atoms with van der Waals surface area (Å²) < 4.78 is 5.11. The monoisotopic (exact) mass is 321 g/mol. The highest BCUT2D eigenvalue weighted by molar-refractivity contribution is 5.99. The van der Waals surface area contributed by atoms with Crippen LogP contribution >= 0.6 is 0 Å². The number of hydrogen-bond acceptors (Lipinski definition) is 3. The Kier molecular flexibility index (Phi) is 4.91. The zero-order chi connectivity index (χ0) is 16.8. The molecular formula is C19H19N3O2. The molecule has 0 saturated heterocycles. The Bertz CT molecular complexity index is 850. The molecule has 0 aliphatic heterocycles. The molecule has 3 aromatic rings. The first kappa shape index (κ1) is 15.8. The molecule has 0 spiro atoms. The maximum absolute atomic E-state index is 11.9. The number of H-pyrrole nitrogens is 1. The van der Waals surface area contributed by atoms with Crippen LogP contribution in [0, 0.1) is 0 Å². The number of aromatic amines is 1. The lowest BCUT2D eigenvalue weighted by Crippen LogP contribution is -2.17. The Labute approximate surface area is 140 Å². The van der Waals surface area contributed by atoms with E-state index in [9.17, 15) is 4.79 Å². The predicted octanol–water partition coefficient (Wildman–Crippen LogP) is 3.26. The van der Waals surface area contributed by atoms with E-state index in [2.05, 4.69) is 15.5 Å². The van der Waals surface area contributed by atoms with E-state index >= 15 is 0 Å². The van der Waals surface area contributed by atoms with Crippen LogP contribution in [0.1, 0.15) is 17.5 Å². The third kappa shape index (κ3) is 3.81. The normalized spacial score (nSPS) is 11.0. The zero-order valence-electron chi connectivity index (χ0n) is 13.5. The van der Waals surface area contributed by atoms with Gasteiger partial charge in [0.25, 0.3) is 0 Å². The first-order chi connectivity index (χ1) is 11.8. The van der Waals surface area contributed by atoms with Crippen molar-refractivity contribution in [2.24, 2.45) is 5.10 Å². The van der Waals surface area contributed by atoms with Crippen LogP contribution in [0.25, 0.3) is 10.9 Å². The number of methoxy groups -OCH3 is 1. The van der Waals surface area contributed by atoms with Crippen LogP contribution in [0.5, 0.6) is 5.75 Å². The summed E-state index contributed by atoms with van der Waals surface area (Å²) in [6.07, 6.45) is 4.58. The van der Waals surface area contributed by atoms with E-state index in [4.69, 9.17) is 4.74 Å². The molecule has 0 bridgehead atoms. The summed E-state index contributed by atoms with van der Waals surface area (Å²) in [5, 5.41) is 5.12. The molecule has 1 heterocycles. The number of ether oxygens (including phenoxy) is 1. The molecule has 122 valence electrons. The minimum absolute atomic E-state index is 0.109. The van der Waals surface area contributed by atoms with E-state index in [1.807, 2.05) is 54.7 Å². The van der Waals surface area contributed by atoms with Gasteiger partial charge in [0.2, 0.25) is 5.91 Å². The smallest absolute Gasteiger partial charge is 0.240 e. The molecular weight excluding hydrogens is 302 g/mol. The summed E-state index contributed by atoms with van der Waals surface area (Å²) in [5.41, 5.74) is 5.65. The summed E-state index contributed by atoms with van der Waals surface area (Å²) in [6.45, 7) is 0. The second kappa shape index (κ2) is 7.46. The highest BCUT2D eigenvalue weighted by Gasteiger charge is 2.03. The van der Waals surface area contributed by atoms with Crippen LogP contribution in [-0.2, 0) is 11.2 Å². The number of carbonyl (C=O) groups excluding carboxylic acids is 1. The summed E-state index contributed by atoms with van der Waals surface area (Å²) in [6, 6.07) is 15.7. The van der Waals surface area contributed by atoms with Crippen molar-refractivity contribution in [3.63, 3.8) is 0 Å². The Morgan fingerprint density at radius 3 is 2.79 bits per heavy atom. The van der Waals surface area contributed by atoms with E-state index in [0.29, 0.717) is 12.8 Å². The molecule has 3 rings (SSSR count). The topological polar surface area (TPSA) is 66.5 Å². The fourth-order valence-electron chi connectivity index (χ4n) is 2.48. The van der Waals surface area contributed by atoms with Gasteiger partial charge in [0, 0.05) is 29.1 Å². The number of rotatable bonds is 6. The molecule has 2 aromatic carbocycles. The van der Waals surface area contributed by atoms with Crippen molar-refractivity contribution in [3.8, 4) is 5.75 Å². The predicted molar refractivity (Wildman–Crippen MR) is 95.4 cm³/mol. The molecule has 0 radical (unpaired) electrons. The number of fused-ring (bicyclic) bond motifs is 1.